The molecule has 0 bridgehead atoms. The molecule has 2 heterocycles. The lowest BCUT2D eigenvalue weighted by Crippen LogP contribution is -2.02. The SMILES string of the molecule is CCc1cc(-c2ccnc(Nc3cnn(C)c3)n2)ccc1C(=O)O. The van der Waals surface area contributed by atoms with Crippen molar-refractivity contribution < 1.29 is 9.90 Å². The molecule has 0 radical (unpaired) electrons. The minimum Gasteiger partial charge on any atom is -0.478 e. The molecule has 0 atom stereocenters. The molecule has 3 aromatic rings. The Kier molecular flexibility index (Phi) is 4.24. The quantitative estimate of drug-likeness (QED) is 0.750. The molecule has 0 aliphatic rings. The summed E-state index contributed by atoms with van der Waals surface area (Å²) < 4.78 is 1.68. The highest BCUT2D eigenvalue weighted by atomic mass is 16.4. The monoisotopic (exact) mass is 323 g/mol. The number of rotatable bonds is 5. The normalized spacial score (nSPS) is 10.6. The van der Waals surface area contributed by atoms with Crippen LogP contribution in [0.15, 0.2) is 42.9 Å². The van der Waals surface area contributed by atoms with Crippen LogP contribution in [0.25, 0.3) is 11.3 Å². The largest absolute Gasteiger partial charge is 0.478 e. The summed E-state index contributed by atoms with van der Waals surface area (Å²) in [5.74, 6) is -0.458. The third-order valence-electron chi connectivity index (χ3n) is 3.63. The second-order valence-corrected chi connectivity index (χ2v) is 5.32. The first kappa shape index (κ1) is 15.7. The van der Waals surface area contributed by atoms with Crippen LogP contribution in [0.3, 0.4) is 0 Å². The van der Waals surface area contributed by atoms with E-state index in [-0.39, 0.29) is 0 Å². The molecular weight excluding hydrogens is 306 g/mol. The van der Waals surface area contributed by atoms with Gasteiger partial charge in [0.2, 0.25) is 5.95 Å². The molecule has 0 aliphatic heterocycles. The summed E-state index contributed by atoms with van der Waals surface area (Å²) in [6, 6.07) is 7.04. The first-order valence-corrected chi connectivity index (χ1v) is 7.52. The van der Waals surface area contributed by atoms with Crippen LogP contribution in [0, 0.1) is 0 Å². The Bertz CT molecular complexity index is 888. The molecule has 0 unspecified atom stereocenters. The smallest absolute Gasteiger partial charge is 0.335 e. The average molecular weight is 323 g/mol. The van der Waals surface area contributed by atoms with Crippen LogP contribution in [0.2, 0.25) is 0 Å². The number of aromatic nitrogens is 4. The van der Waals surface area contributed by atoms with Crippen molar-refractivity contribution in [2.75, 3.05) is 5.32 Å². The highest BCUT2D eigenvalue weighted by Crippen LogP contribution is 2.23. The Balaban J connectivity index is 1.92. The molecule has 0 amide bonds. The van der Waals surface area contributed by atoms with E-state index in [9.17, 15) is 9.90 Å². The van der Waals surface area contributed by atoms with E-state index in [1.807, 2.05) is 26.2 Å². The van der Waals surface area contributed by atoms with Crippen LogP contribution in [-0.2, 0) is 13.5 Å². The molecule has 0 aliphatic carbocycles. The van der Waals surface area contributed by atoms with Gasteiger partial charge in [0.15, 0.2) is 0 Å². The second-order valence-electron chi connectivity index (χ2n) is 5.32. The lowest BCUT2D eigenvalue weighted by atomic mass is 10.0. The minimum atomic E-state index is -0.917. The molecule has 2 N–H and O–H groups in total. The van der Waals surface area contributed by atoms with E-state index in [2.05, 4.69) is 20.4 Å². The predicted octanol–water partition coefficient (Wildman–Crippen LogP) is 2.88. The maximum atomic E-state index is 11.2. The fourth-order valence-corrected chi connectivity index (χ4v) is 2.45. The molecule has 3 rings (SSSR count). The summed E-state index contributed by atoms with van der Waals surface area (Å²) in [5, 5.41) is 16.4. The molecule has 0 saturated carbocycles. The third-order valence-corrected chi connectivity index (χ3v) is 3.63. The van der Waals surface area contributed by atoms with Crippen LogP contribution < -0.4 is 5.32 Å². The van der Waals surface area contributed by atoms with Crippen LogP contribution in [-0.4, -0.2) is 30.8 Å². The number of carboxylic acids is 1. The number of hydrogen-bond donors (Lipinski definition) is 2. The lowest BCUT2D eigenvalue weighted by molar-refractivity contribution is 0.0696. The number of benzene rings is 1. The molecule has 2 aromatic heterocycles. The van der Waals surface area contributed by atoms with Gasteiger partial charge in [-0.3, -0.25) is 4.68 Å². The summed E-state index contributed by atoms with van der Waals surface area (Å²) in [6.45, 7) is 1.93. The van der Waals surface area contributed by atoms with Gasteiger partial charge in [0.05, 0.1) is 23.1 Å². The van der Waals surface area contributed by atoms with Crippen LogP contribution in [0.5, 0.6) is 0 Å². The highest BCUT2D eigenvalue weighted by Gasteiger charge is 2.11. The van der Waals surface area contributed by atoms with Crippen LogP contribution in [0.4, 0.5) is 11.6 Å². The number of carboxylic acid groups (broad SMARTS) is 1. The van der Waals surface area contributed by atoms with Crippen molar-refractivity contribution >= 4 is 17.6 Å². The van der Waals surface area contributed by atoms with E-state index >= 15 is 0 Å². The second kappa shape index (κ2) is 6.49. The van der Waals surface area contributed by atoms with Gasteiger partial charge < -0.3 is 10.4 Å². The Labute approximate surface area is 139 Å². The topological polar surface area (TPSA) is 92.9 Å². The lowest BCUT2D eigenvalue weighted by Gasteiger charge is -2.08. The van der Waals surface area contributed by atoms with Gasteiger partial charge in [-0.15, -0.1) is 0 Å². The average Bonchev–Trinajstić information content (AvgIpc) is 2.99. The summed E-state index contributed by atoms with van der Waals surface area (Å²) in [7, 11) is 1.83. The van der Waals surface area contributed by atoms with Crippen LogP contribution in [0.1, 0.15) is 22.8 Å². The standard InChI is InChI=1S/C17H17N5O2/c1-3-11-8-12(4-5-14(11)16(23)24)15-6-7-18-17(21-15)20-13-9-19-22(2)10-13/h4-10H,3H2,1-2H3,(H,23,24)(H,18,20,21). The maximum Gasteiger partial charge on any atom is 0.335 e. The van der Waals surface area contributed by atoms with Crippen molar-refractivity contribution in [1.82, 2.24) is 19.7 Å². The Morgan fingerprint density at radius 1 is 1.33 bits per heavy atom. The molecule has 7 heteroatoms. The van der Waals surface area contributed by atoms with Gasteiger partial charge in [0.1, 0.15) is 0 Å². The van der Waals surface area contributed by atoms with Gasteiger partial charge in [-0.2, -0.15) is 5.10 Å². The van der Waals surface area contributed by atoms with Crippen molar-refractivity contribution in [3.63, 3.8) is 0 Å². The van der Waals surface area contributed by atoms with E-state index in [1.165, 1.54) is 0 Å². The fourth-order valence-electron chi connectivity index (χ4n) is 2.45. The number of nitrogens with one attached hydrogen (secondary N) is 1. The molecular formula is C17H17N5O2. The molecule has 122 valence electrons. The Hall–Kier alpha value is -3.22. The Morgan fingerprint density at radius 2 is 2.17 bits per heavy atom. The zero-order valence-electron chi connectivity index (χ0n) is 13.4. The summed E-state index contributed by atoms with van der Waals surface area (Å²) in [5.41, 5.74) is 3.48. The molecule has 0 spiro atoms. The number of hydrogen-bond acceptors (Lipinski definition) is 5. The van der Waals surface area contributed by atoms with E-state index in [0.29, 0.717) is 17.9 Å². The van der Waals surface area contributed by atoms with E-state index in [4.69, 9.17) is 0 Å². The zero-order chi connectivity index (χ0) is 17.1. The number of nitrogens with zero attached hydrogens (tertiary/aromatic N) is 4. The molecule has 0 fully saturated rings. The fraction of sp³-hybridized carbons (Fsp3) is 0.176. The number of carbonyl (C=O) groups is 1. The van der Waals surface area contributed by atoms with Gasteiger partial charge in [0.25, 0.3) is 0 Å². The van der Waals surface area contributed by atoms with Crippen molar-refractivity contribution in [3.05, 3.63) is 54.0 Å². The van der Waals surface area contributed by atoms with Gasteiger partial charge in [-0.25, -0.2) is 14.8 Å². The first-order chi connectivity index (χ1) is 11.6. The number of aryl methyl sites for hydroxylation is 2. The molecule has 7 nitrogen and oxygen atoms in total. The summed E-state index contributed by atoms with van der Waals surface area (Å²) >= 11 is 0. The van der Waals surface area contributed by atoms with Gasteiger partial charge in [-0.05, 0) is 30.2 Å². The van der Waals surface area contributed by atoms with E-state index in [0.717, 1.165) is 22.5 Å². The third kappa shape index (κ3) is 3.24. The molecule has 1 aromatic carbocycles. The Morgan fingerprint density at radius 3 is 2.83 bits per heavy atom. The molecule has 0 saturated heterocycles. The van der Waals surface area contributed by atoms with Gasteiger partial charge in [-0.1, -0.05) is 13.0 Å². The predicted molar refractivity (Wildman–Crippen MR) is 90.3 cm³/mol. The highest BCUT2D eigenvalue weighted by molar-refractivity contribution is 5.90. The molecule has 24 heavy (non-hydrogen) atoms. The van der Waals surface area contributed by atoms with E-state index in [1.54, 1.807) is 35.3 Å². The summed E-state index contributed by atoms with van der Waals surface area (Å²) in [4.78, 5) is 19.9. The maximum absolute atomic E-state index is 11.2. The van der Waals surface area contributed by atoms with Crippen molar-refractivity contribution in [3.8, 4) is 11.3 Å². The summed E-state index contributed by atoms with van der Waals surface area (Å²) in [6.07, 6.45) is 5.82. The number of aromatic carboxylic acids is 1. The van der Waals surface area contributed by atoms with Crippen LogP contribution >= 0.6 is 0 Å². The van der Waals surface area contributed by atoms with Crippen molar-refractivity contribution in [2.24, 2.45) is 7.05 Å². The zero-order valence-corrected chi connectivity index (χ0v) is 13.4. The van der Waals surface area contributed by atoms with Gasteiger partial charge in [0, 0.05) is 25.0 Å². The number of anilines is 2. The van der Waals surface area contributed by atoms with Crippen molar-refractivity contribution in [2.45, 2.75) is 13.3 Å². The van der Waals surface area contributed by atoms with Crippen molar-refractivity contribution in [1.29, 1.82) is 0 Å². The first-order valence-electron chi connectivity index (χ1n) is 7.52. The minimum absolute atomic E-state index is 0.323. The van der Waals surface area contributed by atoms with E-state index < -0.39 is 5.97 Å². The van der Waals surface area contributed by atoms with Gasteiger partial charge >= 0.3 is 5.97 Å².